The molecule has 31 heavy (non-hydrogen) atoms. The quantitative estimate of drug-likeness (QED) is 0.424. The fourth-order valence-electron chi connectivity index (χ4n) is 3.24. The average Bonchev–Trinajstić information content (AvgIpc) is 3.05. The lowest BCUT2D eigenvalue weighted by atomic mass is 10.1. The molecule has 0 spiro atoms. The van der Waals surface area contributed by atoms with Gasteiger partial charge >= 0.3 is 5.97 Å². The van der Waals surface area contributed by atoms with Gasteiger partial charge in [-0.2, -0.15) is 5.26 Å². The predicted molar refractivity (Wildman–Crippen MR) is 118 cm³/mol. The molecule has 8 heteroatoms. The molecule has 0 aliphatic carbocycles. The van der Waals surface area contributed by atoms with Crippen LogP contribution in [0.4, 0.5) is 5.69 Å². The first-order valence-corrected chi connectivity index (χ1v) is 10.5. The standard InChI is InChI=1S/C23H21N3O4S/c1-3-30-23(29)16-10-8-15(9-11-16)12-19-21(28)26(18-7-5-4-6-14(18)2)22(31-19)17(13-24)20(25)27/h4-11,19H,3,12H2,1-2H3,(H2,25,27)/b22-17-/t19-/m0/s1. The first-order valence-electron chi connectivity index (χ1n) is 9.63. The number of nitrogens with two attached hydrogens (primary N) is 1. The Bertz CT molecular complexity index is 1100. The summed E-state index contributed by atoms with van der Waals surface area (Å²) in [5.41, 5.74) is 7.85. The number of para-hydroxylation sites is 1. The lowest BCUT2D eigenvalue weighted by Gasteiger charge is -2.20. The lowest BCUT2D eigenvalue weighted by molar-refractivity contribution is -0.117. The average molecular weight is 436 g/mol. The fraction of sp³-hybridized carbons (Fsp3) is 0.217. The van der Waals surface area contributed by atoms with Crippen LogP contribution >= 0.6 is 11.8 Å². The molecule has 2 N–H and O–H groups in total. The third-order valence-corrected chi connectivity index (χ3v) is 6.03. The number of rotatable bonds is 6. The van der Waals surface area contributed by atoms with Gasteiger partial charge in [0.05, 0.1) is 23.1 Å². The largest absolute Gasteiger partial charge is 0.462 e. The van der Waals surface area contributed by atoms with Gasteiger partial charge < -0.3 is 10.5 Å². The molecule has 1 aliphatic heterocycles. The fourth-order valence-corrected chi connectivity index (χ4v) is 4.55. The monoisotopic (exact) mass is 435 g/mol. The van der Waals surface area contributed by atoms with Crippen LogP contribution in [-0.2, 0) is 20.7 Å². The minimum atomic E-state index is -0.879. The highest BCUT2D eigenvalue weighted by Gasteiger charge is 2.40. The molecule has 0 unspecified atom stereocenters. The molecule has 2 aromatic rings. The highest BCUT2D eigenvalue weighted by atomic mass is 32.2. The van der Waals surface area contributed by atoms with Crippen molar-refractivity contribution in [3.63, 3.8) is 0 Å². The third-order valence-electron chi connectivity index (χ3n) is 4.77. The van der Waals surface area contributed by atoms with Crippen LogP contribution in [0.1, 0.15) is 28.4 Å². The highest BCUT2D eigenvalue weighted by Crippen LogP contribution is 2.42. The second kappa shape index (κ2) is 9.49. The Kier molecular flexibility index (Phi) is 6.78. The Morgan fingerprint density at radius 3 is 2.45 bits per heavy atom. The maximum Gasteiger partial charge on any atom is 0.338 e. The van der Waals surface area contributed by atoms with Crippen LogP contribution in [0.25, 0.3) is 0 Å². The predicted octanol–water partition coefficient (Wildman–Crippen LogP) is 3.08. The molecule has 0 radical (unpaired) electrons. The number of nitriles is 1. The number of ether oxygens (including phenoxy) is 1. The summed E-state index contributed by atoms with van der Waals surface area (Å²) in [6.07, 6.45) is 0.357. The Labute approximate surface area is 184 Å². The van der Waals surface area contributed by atoms with Crippen LogP contribution in [0, 0.1) is 18.3 Å². The first-order chi connectivity index (χ1) is 14.9. The molecule has 2 amide bonds. The van der Waals surface area contributed by atoms with E-state index in [9.17, 15) is 19.6 Å². The minimum absolute atomic E-state index is 0.238. The summed E-state index contributed by atoms with van der Waals surface area (Å²) in [7, 11) is 0. The van der Waals surface area contributed by atoms with Crippen molar-refractivity contribution in [2.24, 2.45) is 5.73 Å². The van der Waals surface area contributed by atoms with E-state index in [0.29, 0.717) is 24.3 Å². The number of esters is 1. The maximum absolute atomic E-state index is 13.3. The van der Waals surface area contributed by atoms with Gasteiger partial charge in [-0.05, 0) is 49.6 Å². The number of carbonyl (C=O) groups excluding carboxylic acids is 3. The van der Waals surface area contributed by atoms with Crippen molar-refractivity contribution >= 4 is 35.2 Å². The molecule has 1 atom stereocenters. The Morgan fingerprint density at radius 1 is 1.19 bits per heavy atom. The van der Waals surface area contributed by atoms with Crippen LogP contribution < -0.4 is 10.6 Å². The summed E-state index contributed by atoms with van der Waals surface area (Å²) in [4.78, 5) is 38.4. The second-order valence-electron chi connectivity index (χ2n) is 6.84. The molecule has 1 fully saturated rings. The smallest absolute Gasteiger partial charge is 0.338 e. The number of benzene rings is 2. The summed E-state index contributed by atoms with van der Waals surface area (Å²) < 4.78 is 4.98. The normalized spacial score (nSPS) is 17.3. The van der Waals surface area contributed by atoms with Gasteiger partial charge in [0.2, 0.25) is 5.91 Å². The van der Waals surface area contributed by atoms with Gasteiger partial charge in [-0.25, -0.2) is 4.79 Å². The van der Waals surface area contributed by atoms with Gasteiger partial charge in [-0.3, -0.25) is 14.5 Å². The zero-order valence-electron chi connectivity index (χ0n) is 17.1. The number of nitrogens with zero attached hydrogens (tertiary/aromatic N) is 2. The van der Waals surface area contributed by atoms with Crippen molar-refractivity contribution < 1.29 is 19.1 Å². The highest BCUT2D eigenvalue weighted by molar-refractivity contribution is 8.05. The van der Waals surface area contributed by atoms with E-state index in [2.05, 4.69) is 0 Å². The van der Waals surface area contributed by atoms with Crippen molar-refractivity contribution in [2.45, 2.75) is 25.5 Å². The van der Waals surface area contributed by atoms with E-state index in [4.69, 9.17) is 10.5 Å². The third kappa shape index (κ3) is 4.62. The van der Waals surface area contributed by atoms with Crippen molar-refractivity contribution in [1.29, 1.82) is 5.26 Å². The molecule has 7 nitrogen and oxygen atoms in total. The molecule has 0 aromatic heterocycles. The number of carbonyl (C=O) groups is 3. The van der Waals surface area contributed by atoms with E-state index in [1.165, 1.54) is 4.90 Å². The van der Waals surface area contributed by atoms with E-state index in [1.54, 1.807) is 43.3 Å². The number of amides is 2. The Balaban J connectivity index is 1.94. The summed E-state index contributed by atoms with van der Waals surface area (Å²) in [5, 5.41) is 9.16. The van der Waals surface area contributed by atoms with Crippen molar-refractivity contribution in [3.05, 3.63) is 75.8 Å². The summed E-state index contributed by atoms with van der Waals surface area (Å²) in [6, 6.07) is 15.9. The minimum Gasteiger partial charge on any atom is -0.462 e. The van der Waals surface area contributed by atoms with Gasteiger partial charge in [0.25, 0.3) is 5.91 Å². The SMILES string of the molecule is CCOC(=O)c1ccc(C[C@@H]2S/C(=C(/C#N)C(N)=O)N(c3ccccc3C)C2=O)cc1. The van der Waals surface area contributed by atoms with Crippen molar-refractivity contribution in [1.82, 2.24) is 0 Å². The number of anilines is 1. The molecule has 1 saturated heterocycles. The van der Waals surface area contributed by atoms with Gasteiger partial charge in [0, 0.05) is 0 Å². The molecule has 2 aromatic carbocycles. The summed E-state index contributed by atoms with van der Waals surface area (Å²) in [5.74, 6) is -1.52. The van der Waals surface area contributed by atoms with Crippen molar-refractivity contribution in [2.75, 3.05) is 11.5 Å². The van der Waals surface area contributed by atoms with E-state index >= 15 is 0 Å². The zero-order valence-corrected chi connectivity index (χ0v) is 17.9. The van der Waals surface area contributed by atoms with Crippen LogP contribution in [-0.4, -0.2) is 29.6 Å². The van der Waals surface area contributed by atoms with Crippen LogP contribution in [0.15, 0.2) is 59.1 Å². The van der Waals surface area contributed by atoms with E-state index in [0.717, 1.165) is 22.9 Å². The zero-order chi connectivity index (χ0) is 22.5. The maximum atomic E-state index is 13.3. The lowest BCUT2D eigenvalue weighted by Crippen LogP contribution is -2.31. The first kappa shape index (κ1) is 22.1. The Hall–Kier alpha value is -3.57. The molecule has 1 heterocycles. The molecular weight excluding hydrogens is 414 g/mol. The number of hydrogen-bond acceptors (Lipinski definition) is 6. The van der Waals surface area contributed by atoms with E-state index < -0.39 is 17.1 Å². The van der Waals surface area contributed by atoms with Gasteiger partial charge in [0.1, 0.15) is 16.7 Å². The Morgan fingerprint density at radius 2 is 1.87 bits per heavy atom. The summed E-state index contributed by atoms with van der Waals surface area (Å²) >= 11 is 1.15. The van der Waals surface area contributed by atoms with Crippen molar-refractivity contribution in [3.8, 4) is 6.07 Å². The molecule has 0 saturated carbocycles. The molecule has 3 rings (SSSR count). The van der Waals surface area contributed by atoms with Gasteiger partial charge in [-0.15, -0.1) is 0 Å². The molecule has 1 aliphatic rings. The van der Waals surface area contributed by atoms with Crippen LogP contribution in [0.3, 0.4) is 0 Å². The van der Waals surface area contributed by atoms with E-state index in [1.807, 2.05) is 25.1 Å². The molecular formula is C23H21N3O4S. The number of thioether (sulfide) groups is 1. The molecule has 0 bridgehead atoms. The molecule has 158 valence electrons. The van der Waals surface area contributed by atoms with E-state index in [-0.39, 0.29) is 16.5 Å². The number of hydrogen-bond donors (Lipinski definition) is 1. The van der Waals surface area contributed by atoms with Gasteiger partial charge in [-0.1, -0.05) is 42.1 Å². The number of aryl methyl sites for hydroxylation is 1. The van der Waals surface area contributed by atoms with Gasteiger partial charge in [0.15, 0.2) is 0 Å². The summed E-state index contributed by atoms with van der Waals surface area (Å²) in [6.45, 7) is 3.88. The van der Waals surface area contributed by atoms with Crippen LogP contribution in [0.2, 0.25) is 0 Å². The number of primary amides is 1. The topological polar surface area (TPSA) is 113 Å². The second-order valence-corrected chi connectivity index (χ2v) is 8.04. The van der Waals surface area contributed by atoms with Crippen LogP contribution in [0.5, 0.6) is 0 Å².